The largest absolute Gasteiger partial charge is 0.384 e. The zero-order valence-corrected chi connectivity index (χ0v) is 19.8. The number of nitrogens with zero attached hydrogens (tertiary/aromatic N) is 4. The summed E-state index contributed by atoms with van der Waals surface area (Å²) in [5.41, 5.74) is 9.86. The zero-order chi connectivity index (χ0) is 24.7. The van der Waals surface area contributed by atoms with E-state index in [9.17, 15) is 18.6 Å². The summed E-state index contributed by atoms with van der Waals surface area (Å²) in [6, 6.07) is 8.58. The number of amides is 3. The lowest BCUT2D eigenvalue weighted by Crippen LogP contribution is -2.52. The van der Waals surface area contributed by atoms with E-state index in [0.717, 1.165) is 16.8 Å². The molecule has 35 heavy (non-hydrogen) atoms. The van der Waals surface area contributed by atoms with Crippen molar-refractivity contribution in [3.8, 4) is 11.3 Å². The van der Waals surface area contributed by atoms with Crippen molar-refractivity contribution in [1.82, 2.24) is 20.1 Å². The Kier molecular flexibility index (Phi) is 6.26. The second kappa shape index (κ2) is 9.36. The monoisotopic (exact) mass is 498 g/mol. The molecule has 0 radical (unpaired) electrons. The van der Waals surface area contributed by atoms with Gasteiger partial charge in [-0.25, -0.2) is 9.19 Å². The maximum Gasteiger partial charge on any atom is 0.255 e. The lowest BCUT2D eigenvalue weighted by Gasteiger charge is -2.35. The summed E-state index contributed by atoms with van der Waals surface area (Å²) >= 11 is -1.85. The van der Waals surface area contributed by atoms with Crippen molar-refractivity contribution in [3.05, 3.63) is 41.5 Å². The van der Waals surface area contributed by atoms with Crippen molar-refractivity contribution in [2.45, 2.75) is 25.4 Å². The van der Waals surface area contributed by atoms with Gasteiger partial charge in [0.15, 0.2) is 11.1 Å². The quantitative estimate of drug-likeness (QED) is 0.393. The lowest BCUT2D eigenvalue weighted by atomic mass is 10.0. The molecule has 184 valence electrons. The molecule has 1 aromatic carbocycles. The number of rotatable bonds is 5. The number of nitrogens with two attached hydrogens (primary N) is 1. The van der Waals surface area contributed by atoms with Crippen molar-refractivity contribution in [3.63, 3.8) is 0 Å². The molecule has 4 heterocycles. The number of pyridine rings is 1. The molecule has 3 aliphatic rings. The smallest absolute Gasteiger partial charge is 0.255 e. The topological polar surface area (TPSA) is 149 Å². The predicted molar refractivity (Wildman–Crippen MR) is 130 cm³/mol. The molecule has 12 heteroatoms. The van der Waals surface area contributed by atoms with Gasteiger partial charge in [0.25, 0.3) is 5.91 Å². The van der Waals surface area contributed by atoms with Gasteiger partial charge in [-0.05, 0) is 30.2 Å². The van der Waals surface area contributed by atoms with E-state index in [2.05, 4.69) is 15.2 Å². The number of nitrogen functional groups attached to an aromatic ring is 1. The highest BCUT2D eigenvalue weighted by Gasteiger charge is 2.39. The fourth-order valence-electron chi connectivity index (χ4n) is 4.89. The van der Waals surface area contributed by atoms with E-state index in [4.69, 9.17) is 10.3 Å². The summed E-state index contributed by atoms with van der Waals surface area (Å²) in [5, 5.41) is 2.32. The molecular formula is C23H26N6O5S. The Hall–Kier alpha value is -3.35. The highest BCUT2D eigenvalue weighted by atomic mass is 32.2. The molecule has 3 amide bonds. The van der Waals surface area contributed by atoms with Crippen LogP contribution < -0.4 is 16.0 Å². The molecule has 2 saturated heterocycles. The summed E-state index contributed by atoms with van der Waals surface area (Å²) in [5.74, 6) is -0.454. The SMILES string of the molecule is Nc1cc(N2CCN(CS(=O)O)CC2)cc(-c2ccc3c(c2)CN(C2CCC(=O)NC2=O)C3=O)n1. The summed E-state index contributed by atoms with van der Waals surface area (Å²) in [4.78, 5) is 46.9. The van der Waals surface area contributed by atoms with Gasteiger partial charge in [-0.15, -0.1) is 0 Å². The molecule has 5 rings (SSSR count). The molecule has 0 bridgehead atoms. The Bertz CT molecular complexity index is 1230. The third kappa shape index (κ3) is 4.77. The Balaban J connectivity index is 1.35. The zero-order valence-electron chi connectivity index (χ0n) is 19.0. The summed E-state index contributed by atoms with van der Waals surface area (Å²) < 4.78 is 20.2. The molecule has 1 aromatic heterocycles. The van der Waals surface area contributed by atoms with Crippen LogP contribution in [0.15, 0.2) is 30.3 Å². The van der Waals surface area contributed by atoms with Gasteiger partial charge in [-0.3, -0.25) is 24.6 Å². The number of hydrogen-bond acceptors (Lipinski definition) is 8. The first-order chi connectivity index (χ1) is 16.8. The normalized spacial score (nSPS) is 21.7. The fourth-order valence-corrected chi connectivity index (χ4v) is 5.46. The second-order valence-electron chi connectivity index (χ2n) is 8.96. The van der Waals surface area contributed by atoms with Crippen LogP contribution in [-0.4, -0.2) is 79.4 Å². The molecule has 0 saturated carbocycles. The third-order valence-electron chi connectivity index (χ3n) is 6.68. The van der Waals surface area contributed by atoms with Crippen LogP contribution in [0, 0.1) is 0 Å². The molecular weight excluding hydrogens is 472 g/mol. The number of aromatic nitrogens is 1. The van der Waals surface area contributed by atoms with Crippen LogP contribution in [0.4, 0.5) is 11.5 Å². The summed E-state index contributed by atoms with van der Waals surface area (Å²) in [7, 11) is 0. The van der Waals surface area contributed by atoms with Gasteiger partial charge in [0, 0.05) is 62.0 Å². The van der Waals surface area contributed by atoms with E-state index in [-0.39, 0.29) is 30.7 Å². The number of fused-ring (bicyclic) bond motifs is 1. The van der Waals surface area contributed by atoms with E-state index >= 15 is 0 Å². The number of imide groups is 1. The number of carbonyl (C=O) groups excluding carboxylic acids is 3. The van der Waals surface area contributed by atoms with Gasteiger partial charge >= 0.3 is 0 Å². The van der Waals surface area contributed by atoms with Crippen LogP contribution in [0.5, 0.6) is 0 Å². The molecule has 0 spiro atoms. The van der Waals surface area contributed by atoms with E-state index in [0.29, 0.717) is 49.7 Å². The predicted octanol–water partition coefficient (Wildman–Crippen LogP) is 0.393. The number of piperidine rings is 1. The fraction of sp³-hybridized carbons (Fsp3) is 0.391. The van der Waals surface area contributed by atoms with Crippen molar-refractivity contribution >= 4 is 40.3 Å². The Morgan fingerprint density at radius 3 is 2.60 bits per heavy atom. The van der Waals surface area contributed by atoms with Gasteiger partial charge in [-0.1, -0.05) is 6.07 Å². The van der Waals surface area contributed by atoms with Crippen LogP contribution in [0.1, 0.15) is 28.8 Å². The number of carbonyl (C=O) groups is 3. The molecule has 2 fully saturated rings. The Morgan fingerprint density at radius 2 is 1.89 bits per heavy atom. The number of benzene rings is 1. The van der Waals surface area contributed by atoms with Crippen LogP contribution in [-0.2, 0) is 27.2 Å². The maximum atomic E-state index is 13.0. The van der Waals surface area contributed by atoms with Crippen LogP contribution >= 0.6 is 0 Å². The van der Waals surface area contributed by atoms with Gasteiger partial charge in [0.05, 0.1) is 5.69 Å². The van der Waals surface area contributed by atoms with Crippen LogP contribution in [0.25, 0.3) is 11.3 Å². The average Bonchev–Trinajstić information content (AvgIpc) is 3.14. The van der Waals surface area contributed by atoms with Crippen LogP contribution in [0.2, 0.25) is 0 Å². The van der Waals surface area contributed by atoms with Crippen LogP contribution in [0.3, 0.4) is 0 Å². The summed E-state index contributed by atoms with van der Waals surface area (Å²) in [6.07, 6.45) is 0.531. The molecule has 11 nitrogen and oxygen atoms in total. The second-order valence-corrected chi connectivity index (χ2v) is 9.86. The molecule has 2 unspecified atom stereocenters. The first-order valence-electron chi connectivity index (χ1n) is 11.4. The van der Waals surface area contributed by atoms with E-state index in [1.165, 1.54) is 4.90 Å². The number of anilines is 2. The Labute approximate surface area is 204 Å². The van der Waals surface area contributed by atoms with Gasteiger partial charge in [-0.2, -0.15) is 0 Å². The highest BCUT2D eigenvalue weighted by Crippen LogP contribution is 2.32. The number of piperazine rings is 1. The third-order valence-corrected chi connectivity index (χ3v) is 7.27. The first kappa shape index (κ1) is 23.4. The molecule has 2 aromatic rings. The minimum Gasteiger partial charge on any atom is -0.384 e. The maximum absolute atomic E-state index is 13.0. The van der Waals surface area contributed by atoms with Gasteiger partial charge in [0.2, 0.25) is 11.8 Å². The van der Waals surface area contributed by atoms with Crippen molar-refractivity contribution < 1.29 is 23.1 Å². The minimum atomic E-state index is -1.85. The lowest BCUT2D eigenvalue weighted by molar-refractivity contribution is -0.136. The van der Waals surface area contributed by atoms with E-state index < -0.39 is 23.0 Å². The van der Waals surface area contributed by atoms with E-state index in [1.54, 1.807) is 6.07 Å². The molecule has 0 aliphatic carbocycles. The molecule has 4 N–H and O–H groups in total. The number of hydrogen-bond donors (Lipinski definition) is 3. The van der Waals surface area contributed by atoms with Crippen molar-refractivity contribution in [2.24, 2.45) is 0 Å². The van der Waals surface area contributed by atoms with Crippen molar-refractivity contribution in [2.75, 3.05) is 42.7 Å². The molecule has 3 aliphatic heterocycles. The minimum absolute atomic E-state index is 0.140. The van der Waals surface area contributed by atoms with Crippen molar-refractivity contribution in [1.29, 1.82) is 0 Å². The first-order valence-corrected chi connectivity index (χ1v) is 12.7. The Morgan fingerprint density at radius 1 is 1.11 bits per heavy atom. The standard InChI is InChI=1S/C23H26N6O5S/c24-20-11-16(28-7-5-27(6-8-28)13-35(33)34)10-18(25-20)14-1-2-17-15(9-14)12-29(23(17)32)19-3-4-21(30)26-22(19)31/h1-2,9-11,19H,3-8,12-13H2,(H2,24,25)(H,33,34)(H,26,30,31). The van der Waals surface area contributed by atoms with Gasteiger partial charge < -0.3 is 20.1 Å². The average molecular weight is 499 g/mol. The molecule has 2 atom stereocenters. The van der Waals surface area contributed by atoms with E-state index in [1.807, 2.05) is 29.2 Å². The van der Waals surface area contributed by atoms with Gasteiger partial charge in [0.1, 0.15) is 17.7 Å². The summed E-state index contributed by atoms with van der Waals surface area (Å²) in [6.45, 7) is 3.01. The highest BCUT2D eigenvalue weighted by molar-refractivity contribution is 7.79. The number of nitrogens with one attached hydrogen (secondary N) is 1.